The highest BCUT2D eigenvalue weighted by Gasteiger charge is 2.06. The van der Waals surface area contributed by atoms with E-state index in [2.05, 4.69) is 4.98 Å². The smallest absolute Gasteiger partial charge is 0.142 e. The van der Waals surface area contributed by atoms with Gasteiger partial charge in [-0.2, -0.15) is 0 Å². The minimum atomic E-state index is -0.236. The van der Waals surface area contributed by atoms with Crippen LogP contribution in [0.25, 0.3) is 0 Å². The number of benzene rings is 1. The van der Waals surface area contributed by atoms with Crippen molar-refractivity contribution in [2.24, 2.45) is 0 Å². The normalized spacial score (nSPS) is 10.5. The molecule has 0 fully saturated rings. The number of hydrogen-bond donors (Lipinski definition) is 0. The molecule has 0 N–H and O–H groups in total. The van der Waals surface area contributed by atoms with Crippen molar-refractivity contribution in [1.82, 2.24) is 4.98 Å². The van der Waals surface area contributed by atoms with Crippen LogP contribution in [0.1, 0.15) is 22.5 Å². The molecule has 0 saturated heterocycles. The topological polar surface area (TPSA) is 22.1 Å². The molecule has 19 heavy (non-hydrogen) atoms. The maximum Gasteiger partial charge on any atom is 0.142 e. The Labute approximate surface area is 117 Å². The number of pyridine rings is 1. The molecule has 0 atom stereocenters. The predicted molar refractivity (Wildman–Crippen MR) is 74.0 cm³/mol. The first-order chi connectivity index (χ1) is 9.10. The predicted octanol–water partition coefficient (Wildman–Crippen LogP) is 4.16. The highest BCUT2D eigenvalue weighted by molar-refractivity contribution is 6.17. The van der Waals surface area contributed by atoms with E-state index in [0.29, 0.717) is 18.2 Å². The van der Waals surface area contributed by atoms with Gasteiger partial charge in [-0.3, -0.25) is 4.98 Å². The third-order valence-electron chi connectivity index (χ3n) is 2.89. The monoisotopic (exact) mass is 279 g/mol. The van der Waals surface area contributed by atoms with E-state index in [1.165, 1.54) is 12.1 Å². The minimum absolute atomic E-state index is 0.236. The highest BCUT2D eigenvalue weighted by Crippen LogP contribution is 2.21. The van der Waals surface area contributed by atoms with E-state index >= 15 is 0 Å². The van der Waals surface area contributed by atoms with E-state index in [1.54, 1.807) is 6.07 Å². The fraction of sp³-hybridized carbons (Fsp3) is 0.267. The number of ether oxygens (including phenoxy) is 1. The molecule has 4 heteroatoms. The van der Waals surface area contributed by atoms with Crippen LogP contribution >= 0.6 is 11.6 Å². The molecule has 0 saturated carbocycles. The lowest BCUT2D eigenvalue weighted by Gasteiger charge is -2.11. The molecule has 100 valence electrons. The molecule has 2 aromatic rings. The van der Waals surface area contributed by atoms with Gasteiger partial charge >= 0.3 is 0 Å². The average molecular weight is 280 g/mol. The molecule has 0 spiro atoms. The van der Waals surface area contributed by atoms with Gasteiger partial charge in [0.05, 0.1) is 11.6 Å². The fourth-order valence-corrected chi connectivity index (χ4v) is 1.99. The summed E-state index contributed by atoms with van der Waals surface area (Å²) in [7, 11) is 0. The van der Waals surface area contributed by atoms with Crippen LogP contribution in [0.5, 0.6) is 5.75 Å². The second-order valence-electron chi connectivity index (χ2n) is 4.39. The molecule has 0 unspecified atom stereocenters. The van der Waals surface area contributed by atoms with E-state index < -0.39 is 0 Å². The first-order valence-electron chi connectivity index (χ1n) is 6.00. The second-order valence-corrected chi connectivity index (χ2v) is 4.66. The van der Waals surface area contributed by atoms with Gasteiger partial charge < -0.3 is 4.74 Å². The Morgan fingerprint density at radius 3 is 2.68 bits per heavy atom. The number of nitrogens with zero attached hydrogens (tertiary/aromatic N) is 1. The standard InChI is InChI=1S/C15H15ClFNO/c1-10-7-13(17)5-4-12(10)9-19-15-6-3-11(2)18-14(15)8-16/h3-7H,8-9H2,1-2H3. The summed E-state index contributed by atoms with van der Waals surface area (Å²) in [6.45, 7) is 4.14. The highest BCUT2D eigenvalue weighted by atomic mass is 35.5. The summed E-state index contributed by atoms with van der Waals surface area (Å²) in [4.78, 5) is 4.32. The summed E-state index contributed by atoms with van der Waals surface area (Å²) in [6, 6.07) is 8.39. The van der Waals surface area contributed by atoms with Gasteiger partial charge in [0.25, 0.3) is 0 Å². The van der Waals surface area contributed by atoms with E-state index in [4.69, 9.17) is 16.3 Å². The molecule has 2 nitrogen and oxygen atoms in total. The molecule has 0 radical (unpaired) electrons. The van der Waals surface area contributed by atoms with Crippen LogP contribution in [0.4, 0.5) is 4.39 Å². The number of aromatic nitrogens is 1. The molecule has 2 rings (SSSR count). The van der Waals surface area contributed by atoms with Crippen molar-refractivity contribution in [2.45, 2.75) is 26.3 Å². The van der Waals surface area contributed by atoms with E-state index in [1.807, 2.05) is 26.0 Å². The second kappa shape index (κ2) is 6.02. The molecular weight excluding hydrogens is 265 g/mol. The molecule has 0 aliphatic rings. The number of halogens is 2. The van der Waals surface area contributed by atoms with Gasteiger partial charge in [0.15, 0.2) is 0 Å². The van der Waals surface area contributed by atoms with Gasteiger partial charge in [-0.05, 0) is 49.2 Å². The quantitative estimate of drug-likeness (QED) is 0.784. The molecule has 0 aliphatic heterocycles. The van der Waals surface area contributed by atoms with Crippen molar-refractivity contribution in [3.05, 3.63) is 58.7 Å². The third-order valence-corrected chi connectivity index (χ3v) is 3.14. The first kappa shape index (κ1) is 13.8. The largest absolute Gasteiger partial charge is 0.487 e. The van der Waals surface area contributed by atoms with Gasteiger partial charge in [-0.25, -0.2) is 4.39 Å². The summed E-state index contributed by atoms with van der Waals surface area (Å²) in [5, 5.41) is 0. The van der Waals surface area contributed by atoms with E-state index in [-0.39, 0.29) is 5.82 Å². The summed E-state index contributed by atoms with van der Waals surface area (Å²) in [6.07, 6.45) is 0. The number of alkyl halides is 1. The van der Waals surface area contributed by atoms with Crippen LogP contribution in [0.2, 0.25) is 0 Å². The van der Waals surface area contributed by atoms with E-state index in [9.17, 15) is 4.39 Å². The fourth-order valence-electron chi connectivity index (χ4n) is 1.80. The van der Waals surface area contributed by atoms with Crippen molar-refractivity contribution >= 4 is 11.6 Å². The Hall–Kier alpha value is -1.61. The van der Waals surface area contributed by atoms with Crippen molar-refractivity contribution in [2.75, 3.05) is 0 Å². The zero-order valence-corrected chi connectivity index (χ0v) is 11.7. The SMILES string of the molecule is Cc1ccc(OCc2ccc(F)cc2C)c(CCl)n1. The Kier molecular flexibility index (Phi) is 4.38. The van der Waals surface area contributed by atoms with Gasteiger partial charge in [0, 0.05) is 5.69 Å². The molecule has 0 bridgehead atoms. The Morgan fingerprint density at radius 2 is 2.00 bits per heavy atom. The third kappa shape index (κ3) is 3.44. The lowest BCUT2D eigenvalue weighted by Crippen LogP contribution is -2.02. The lowest BCUT2D eigenvalue weighted by molar-refractivity contribution is 0.301. The zero-order chi connectivity index (χ0) is 13.8. The van der Waals surface area contributed by atoms with Gasteiger partial charge in [-0.15, -0.1) is 11.6 Å². The van der Waals surface area contributed by atoms with E-state index in [0.717, 1.165) is 22.5 Å². The zero-order valence-electron chi connectivity index (χ0n) is 10.9. The van der Waals surface area contributed by atoms with Gasteiger partial charge in [-0.1, -0.05) is 6.07 Å². The maximum absolute atomic E-state index is 13.0. The van der Waals surface area contributed by atoms with Crippen molar-refractivity contribution in [3.63, 3.8) is 0 Å². The Bertz CT molecular complexity index is 586. The van der Waals surface area contributed by atoms with Crippen LogP contribution < -0.4 is 4.74 Å². The summed E-state index contributed by atoms with van der Waals surface area (Å²) in [5.41, 5.74) is 3.44. The summed E-state index contributed by atoms with van der Waals surface area (Å²) in [5.74, 6) is 0.739. The molecule has 0 amide bonds. The van der Waals surface area contributed by atoms with Crippen LogP contribution in [-0.4, -0.2) is 4.98 Å². The molecule has 1 heterocycles. The number of hydrogen-bond acceptors (Lipinski definition) is 2. The van der Waals surface area contributed by atoms with Gasteiger partial charge in [0.1, 0.15) is 18.2 Å². The van der Waals surface area contributed by atoms with Crippen LogP contribution in [0.15, 0.2) is 30.3 Å². The molecule has 1 aromatic heterocycles. The first-order valence-corrected chi connectivity index (χ1v) is 6.54. The molecule has 0 aliphatic carbocycles. The Morgan fingerprint density at radius 1 is 1.21 bits per heavy atom. The minimum Gasteiger partial charge on any atom is -0.487 e. The van der Waals surface area contributed by atoms with Gasteiger partial charge in [0.2, 0.25) is 0 Å². The van der Waals surface area contributed by atoms with Crippen molar-refractivity contribution in [3.8, 4) is 5.75 Å². The molecular formula is C15H15ClFNO. The molecule has 1 aromatic carbocycles. The number of rotatable bonds is 4. The van der Waals surface area contributed by atoms with Crippen LogP contribution in [0, 0.1) is 19.7 Å². The maximum atomic E-state index is 13.0. The lowest BCUT2D eigenvalue weighted by atomic mass is 10.1. The van der Waals surface area contributed by atoms with Crippen molar-refractivity contribution in [1.29, 1.82) is 0 Å². The van der Waals surface area contributed by atoms with Crippen molar-refractivity contribution < 1.29 is 9.13 Å². The Balaban J connectivity index is 2.14. The average Bonchev–Trinajstić information content (AvgIpc) is 2.39. The van der Waals surface area contributed by atoms with Crippen LogP contribution in [0.3, 0.4) is 0 Å². The number of aryl methyl sites for hydroxylation is 2. The summed E-state index contributed by atoms with van der Waals surface area (Å²) >= 11 is 5.85. The van der Waals surface area contributed by atoms with Crippen LogP contribution in [-0.2, 0) is 12.5 Å². The summed E-state index contributed by atoms with van der Waals surface area (Å²) < 4.78 is 18.7.